The van der Waals surface area contributed by atoms with Crippen LogP contribution in [0.4, 0.5) is 0 Å². The summed E-state index contributed by atoms with van der Waals surface area (Å²) in [6, 6.07) is 15.2. The number of aromatic amines is 2. The van der Waals surface area contributed by atoms with Crippen LogP contribution < -0.4 is 5.56 Å². The molecule has 5 rings (SSSR count). The Morgan fingerprint density at radius 2 is 1.76 bits per heavy atom. The van der Waals surface area contributed by atoms with Crippen LogP contribution in [-0.4, -0.2) is 29.9 Å². The predicted molar refractivity (Wildman–Crippen MR) is 93.7 cm³/mol. The van der Waals surface area contributed by atoms with Crippen LogP contribution in [-0.2, 0) is 0 Å². The summed E-state index contributed by atoms with van der Waals surface area (Å²) in [7, 11) is 0. The minimum Gasteiger partial charge on any atom is -0.338 e. The molecule has 2 aliphatic rings. The van der Waals surface area contributed by atoms with Gasteiger partial charge in [-0.3, -0.25) is 4.79 Å². The second-order valence-corrected chi connectivity index (χ2v) is 5.67. The maximum Gasteiger partial charge on any atom is 0.260 e. The Balaban J connectivity index is 1.70. The average Bonchev–Trinajstić information content (AvgIpc) is 3.30. The molecule has 0 spiro atoms. The molecule has 0 radical (unpaired) electrons. The fourth-order valence-electron chi connectivity index (χ4n) is 3.01. The number of aromatic nitrogens is 6. The highest BCUT2D eigenvalue weighted by Gasteiger charge is 2.18. The first-order chi connectivity index (χ1) is 12.3. The van der Waals surface area contributed by atoms with Crippen molar-refractivity contribution in [3.8, 4) is 28.3 Å². The summed E-state index contributed by atoms with van der Waals surface area (Å²) in [5, 5.41) is 8.26. The van der Waals surface area contributed by atoms with Crippen molar-refractivity contribution in [3.05, 3.63) is 71.3 Å². The molecule has 3 heterocycles. The molecule has 25 heavy (non-hydrogen) atoms. The number of nitrogens with one attached hydrogen (secondary N) is 2. The van der Waals surface area contributed by atoms with E-state index in [0.717, 1.165) is 28.0 Å². The molecule has 1 aromatic carbocycles. The van der Waals surface area contributed by atoms with E-state index >= 15 is 0 Å². The van der Waals surface area contributed by atoms with Crippen LogP contribution >= 0.6 is 0 Å². The summed E-state index contributed by atoms with van der Waals surface area (Å²) in [6.45, 7) is 0. The molecule has 0 bridgehead atoms. The summed E-state index contributed by atoms with van der Waals surface area (Å²) in [6.07, 6.45) is 3.25. The number of rotatable bonds is 2. The second-order valence-electron chi connectivity index (χ2n) is 5.67. The molecular weight excluding hydrogens is 316 g/mol. The first kappa shape index (κ1) is 13.7. The second kappa shape index (κ2) is 5.13. The molecule has 0 fully saturated rings. The third-order valence-electron chi connectivity index (χ3n) is 4.13. The van der Waals surface area contributed by atoms with Crippen LogP contribution in [0.3, 0.4) is 0 Å². The van der Waals surface area contributed by atoms with Gasteiger partial charge in [0.05, 0.1) is 34.7 Å². The Hall–Kier alpha value is -3.74. The van der Waals surface area contributed by atoms with Crippen LogP contribution in [0.5, 0.6) is 0 Å². The van der Waals surface area contributed by atoms with Crippen molar-refractivity contribution in [2.45, 2.75) is 0 Å². The summed E-state index contributed by atoms with van der Waals surface area (Å²) in [5.41, 5.74) is 4.42. The molecule has 1 aliphatic heterocycles. The fourth-order valence-corrected chi connectivity index (χ4v) is 3.01. The normalized spacial score (nSPS) is 11.4. The number of imidazole rings is 1. The van der Waals surface area contributed by atoms with E-state index < -0.39 is 0 Å². The standard InChI is InChI=1S/C18H12N6O/c25-18-16(12-4-2-1-3-5-13(12)23-18)17-21-14-7-6-11(10-15(14)22-17)24-19-8-9-20-24/h1-10H,(H,21,22)(H,23,25). The van der Waals surface area contributed by atoms with Crippen molar-refractivity contribution in [3.63, 3.8) is 0 Å². The van der Waals surface area contributed by atoms with Crippen molar-refractivity contribution < 1.29 is 0 Å². The van der Waals surface area contributed by atoms with E-state index in [4.69, 9.17) is 0 Å². The highest BCUT2D eigenvalue weighted by Crippen LogP contribution is 2.29. The lowest BCUT2D eigenvalue weighted by atomic mass is 10.1. The zero-order chi connectivity index (χ0) is 16.8. The lowest BCUT2D eigenvalue weighted by Gasteiger charge is -1.98. The Kier molecular flexibility index (Phi) is 2.81. The summed E-state index contributed by atoms with van der Waals surface area (Å²) >= 11 is 0. The van der Waals surface area contributed by atoms with Gasteiger partial charge in [0, 0.05) is 11.3 Å². The van der Waals surface area contributed by atoms with Gasteiger partial charge in [-0.2, -0.15) is 15.0 Å². The van der Waals surface area contributed by atoms with Gasteiger partial charge >= 0.3 is 0 Å². The fraction of sp³-hybridized carbons (Fsp3) is 0. The van der Waals surface area contributed by atoms with E-state index in [0.29, 0.717) is 11.4 Å². The Bertz CT molecular complexity index is 1220. The predicted octanol–water partition coefficient (Wildman–Crippen LogP) is 2.60. The van der Waals surface area contributed by atoms with Gasteiger partial charge in [0.1, 0.15) is 5.82 Å². The van der Waals surface area contributed by atoms with Gasteiger partial charge in [0.2, 0.25) is 0 Å². The first-order valence-electron chi connectivity index (χ1n) is 7.77. The van der Waals surface area contributed by atoms with Crippen LogP contribution in [0, 0.1) is 0 Å². The molecule has 7 heteroatoms. The van der Waals surface area contributed by atoms with Crippen LogP contribution in [0.2, 0.25) is 0 Å². The molecule has 0 saturated heterocycles. The molecule has 7 nitrogen and oxygen atoms in total. The van der Waals surface area contributed by atoms with E-state index in [-0.39, 0.29) is 5.56 Å². The minimum atomic E-state index is -0.158. The first-order valence-corrected chi connectivity index (χ1v) is 7.77. The highest BCUT2D eigenvalue weighted by atomic mass is 16.1. The molecule has 2 aromatic heterocycles. The van der Waals surface area contributed by atoms with Crippen molar-refractivity contribution >= 4 is 11.0 Å². The van der Waals surface area contributed by atoms with E-state index in [1.807, 2.05) is 48.5 Å². The Morgan fingerprint density at radius 1 is 0.920 bits per heavy atom. The number of nitrogens with zero attached hydrogens (tertiary/aromatic N) is 4. The van der Waals surface area contributed by atoms with Crippen molar-refractivity contribution in [1.82, 2.24) is 29.9 Å². The zero-order valence-corrected chi connectivity index (χ0v) is 13.0. The van der Waals surface area contributed by atoms with Crippen molar-refractivity contribution in [2.24, 2.45) is 0 Å². The summed E-state index contributed by atoms with van der Waals surface area (Å²) < 4.78 is 0. The summed E-state index contributed by atoms with van der Waals surface area (Å²) in [4.78, 5) is 24.7. The average molecular weight is 328 g/mol. The van der Waals surface area contributed by atoms with Crippen LogP contribution in [0.25, 0.3) is 39.4 Å². The molecule has 1 aliphatic carbocycles. The Labute approximate surface area is 141 Å². The van der Waals surface area contributed by atoms with Crippen molar-refractivity contribution in [2.75, 3.05) is 0 Å². The summed E-state index contributed by atoms with van der Waals surface area (Å²) in [5.74, 6) is 0.544. The molecule has 0 atom stereocenters. The van der Waals surface area contributed by atoms with Crippen LogP contribution in [0.1, 0.15) is 0 Å². The Morgan fingerprint density at radius 3 is 2.64 bits per heavy atom. The minimum absolute atomic E-state index is 0.158. The smallest absolute Gasteiger partial charge is 0.260 e. The molecule has 2 N–H and O–H groups in total. The molecular formula is C18H12N6O. The highest BCUT2D eigenvalue weighted by molar-refractivity contribution is 5.86. The lowest BCUT2D eigenvalue weighted by molar-refractivity contribution is 0.753. The molecule has 3 aromatic rings. The van der Waals surface area contributed by atoms with Gasteiger partial charge in [-0.05, 0) is 24.3 Å². The quantitative estimate of drug-likeness (QED) is 0.521. The lowest BCUT2D eigenvalue weighted by Crippen LogP contribution is -2.01. The monoisotopic (exact) mass is 328 g/mol. The zero-order valence-electron chi connectivity index (χ0n) is 13.0. The van der Waals surface area contributed by atoms with Gasteiger partial charge < -0.3 is 9.97 Å². The SMILES string of the molecule is O=c1[nH]c2cccccc-2c1-c1nc2ccc(-n3nccn3)cc2[nH]1. The number of fused-ring (bicyclic) bond motifs is 2. The van der Waals surface area contributed by atoms with Crippen LogP contribution in [0.15, 0.2) is 65.7 Å². The number of benzene rings is 1. The topological polar surface area (TPSA) is 92.2 Å². The molecule has 0 amide bonds. The van der Waals surface area contributed by atoms with E-state index in [2.05, 4.69) is 25.1 Å². The molecule has 0 unspecified atom stereocenters. The van der Waals surface area contributed by atoms with Gasteiger partial charge in [-0.1, -0.05) is 24.3 Å². The molecule has 0 saturated carbocycles. The van der Waals surface area contributed by atoms with Gasteiger partial charge in [0.15, 0.2) is 0 Å². The maximum atomic E-state index is 12.4. The number of hydrogen-bond acceptors (Lipinski definition) is 4. The van der Waals surface area contributed by atoms with Crippen molar-refractivity contribution in [1.29, 1.82) is 0 Å². The van der Waals surface area contributed by atoms with E-state index in [9.17, 15) is 4.79 Å². The van der Waals surface area contributed by atoms with E-state index in [1.165, 1.54) is 4.80 Å². The third-order valence-corrected chi connectivity index (χ3v) is 4.13. The van der Waals surface area contributed by atoms with E-state index in [1.54, 1.807) is 12.4 Å². The van der Waals surface area contributed by atoms with Gasteiger partial charge in [-0.25, -0.2) is 4.98 Å². The largest absolute Gasteiger partial charge is 0.338 e. The number of H-pyrrole nitrogens is 2. The van der Waals surface area contributed by atoms with Gasteiger partial charge in [0.25, 0.3) is 5.56 Å². The maximum absolute atomic E-state index is 12.4. The molecule has 120 valence electrons. The third kappa shape index (κ3) is 2.13. The van der Waals surface area contributed by atoms with Gasteiger partial charge in [-0.15, -0.1) is 0 Å². The number of hydrogen-bond donors (Lipinski definition) is 2.